The van der Waals surface area contributed by atoms with Crippen LogP contribution in [0, 0.1) is 5.41 Å². The number of halogens is 1. The lowest BCUT2D eigenvalue weighted by molar-refractivity contribution is -0.118. The van der Waals surface area contributed by atoms with Crippen molar-refractivity contribution in [1.29, 1.82) is 0 Å². The van der Waals surface area contributed by atoms with Crippen molar-refractivity contribution >= 4 is 23.3 Å². The molecule has 33 heavy (non-hydrogen) atoms. The zero-order chi connectivity index (χ0) is 23.3. The Morgan fingerprint density at radius 3 is 2.58 bits per heavy atom. The molecule has 0 radical (unpaired) electrons. The van der Waals surface area contributed by atoms with Crippen LogP contribution in [0.1, 0.15) is 38.3 Å². The highest BCUT2D eigenvalue weighted by atomic mass is 35.5. The molecule has 0 amide bonds. The van der Waals surface area contributed by atoms with Gasteiger partial charge in [-0.05, 0) is 36.1 Å². The molecular formula is C25H25ClN4O3. The largest absolute Gasteiger partial charge is 0.493 e. The van der Waals surface area contributed by atoms with Gasteiger partial charge in [0.2, 0.25) is 5.95 Å². The Morgan fingerprint density at radius 1 is 1.09 bits per heavy atom. The van der Waals surface area contributed by atoms with E-state index in [0.29, 0.717) is 40.3 Å². The highest BCUT2D eigenvalue weighted by molar-refractivity contribution is 6.31. The summed E-state index contributed by atoms with van der Waals surface area (Å²) in [5.74, 6) is 2.42. The maximum absolute atomic E-state index is 13.3. The van der Waals surface area contributed by atoms with Crippen LogP contribution < -0.4 is 14.8 Å². The van der Waals surface area contributed by atoms with Crippen LogP contribution in [-0.4, -0.2) is 34.8 Å². The van der Waals surface area contributed by atoms with Crippen LogP contribution in [0.2, 0.25) is 5.02 Å². The Kier molecular flexibility index (Phi) is 5.16. The molecule has 2 heterocycles. The van der Waals surface area contributed by atoms with Crippen molar-refractivity contribution in [2.24, 2.45) is 5.41 Å². The SMILES string of the molecule is COc1ccc(-c2nc3n(n2)C(c2ccccc2Cl)C2=C(CC(C)(C)CC2=O)N3)cc1OC. The maximum atomic E-state index is 13.3. The van der Waals surface area contributed by atoms with E-state index in [2.05, 4.69) is 19.2 Å². The molecule has 2 aliphatic rings. The summed E-state index contributed by atoms with van der Waals surface area (Å²) in [6.07, 6.45) is 1.22. The summed E-state index contributed by atoms with van der Waals surface area (Å²) in [5.41, 5.74) is 3.06. The zero-order valence-electron chi connectivity index (χ0n) is 19.0. The van der Waals surface area contributed by atoms with Crippen molar-refractivity contribution in [3.63, 3.8) is 0 Å². The third-order valence-electron chi connectivity index (χ3n) is 6.17. The van der Waals surface area contributed by atoms with Gasteiger partial charge in [0.05, 0.1) is 14.2 Å². The third kappa shape index (κ3) is 3.66. The number of fused-ring (bicyclic) bond motifs is 1. The maximum Gasteiger partial charge on any atom is 0.226 e. The summed E-state index contributed by atoms with van der Waals surface area (Å²) in [6.45, 7) is 4.21. The molecule has 3 aromatic rings. The van der Waals surface area contributed by atoms with Crippen molar-refractivity contribution in [2.45, 2.75) is 32.7 Å². The highest BCUT2D eigenvalue weighted by Gasteiger charge is 2.42. The molecule has 0 spiro atoms. The minimum Gasteiger partial charge on any atom is -0.493 e. The summed E-state index contributed by atoms with van der Waals surface area (Å²) in [4.78, 5) is 18.1. The smallest absolute Gasteiger partial charge is 0.226 e. The first-order valence-corrected chi connectivity index (χ1v) is 11.2. The Balaban J connectivity index is 1.67. The molecule has 0 saturated heterocycles. The van der Waals surface area contributed by atoms with E-state index in [9.17, 15) is 4.79 Å². The topological polar surface area (TPSA) is 78.3 Å². The molecule has 0 bridgehead atoms. The number of benzene rings is 2. The van der Waals surface area contributed by atoms with Gasteiger partial charge in [-0.3, -0.25) is 4.79 Å². The fourth-order valence-electron chi connectivity index (χ4n) is 4.69. The molecular weight excluding hydrogens is 440 g/mol. The van der Waals surface area contributed by atoms with Gasteiger partial charge in [-0.1, -0.05) is 43.6 Å². The first-order chi connectivity index (χ1) is 15.8. The molecule has 170 valence electrons. The lowest BCUT2D eigenvalue weighted by Gasteiger charge is -2.38. The number of ketones is 1. The predicted octanol–water partition coefficient (Wildman–Crippen LogP) is 5.27. The molecule has 7 nitrogen and oxygen atoms in total. The van der Waals surface area contributed by atoms with Gasteiger partial charge in [0.15, 0.2) is 23.1 Å². The number of Topliss-reactive ketones (excluding diaryl/α,β-unsaturated/α-hetero) is 1. The van der Waals surface area contributed by atoms with Crippen molar-refractivity contribution in [1.82, 2.24) is 14.8 Å². The fourth-order valence-corrected chi connectivity index (χ4v) is 4.93. The van der Waals surface area contributed by atoms with Crippen LogP contribution in [0.4, 0.5) is 5.95 Å². The minimum atomic E-state index is -0.449. The molecule has 8 heteroatoms. The van der Waals surface area contributed by atoms with Gasteiger partial charge in [0.25, 0.3) is 0 Å². The molecule has 1 aromatic heterocycles. The van der Waals surface area contributed by atoms with Gasteiger partial charge in [0.1, 0.15) is 6.04 Å². The molecule has 0 fully saturated rings. The minimum absolute atomic E-state index is 0.104. The van der Waals surface area contributed by atoms with Crippen LogP contribution in [0.15, 0.2) is 53.7 Å². The quantitative estimate of drug-likeness (QED) is 0.566. The number of carbonyl (C=O) groups excluding carboxylic acids is 1. The van der Waals surface area contributed by atoms with Crippen LogP contribution in [0.5, 0.6) is 11.5 Å². The van der Waals surface area contributed by atoms with E-state index in [4.69, 9.17) is 31.2 Å². The highest BCUT2D eigenvalue weighted by Crippen LogP contribution is 2.47. The molecule has 1 atom stereocenters. The summed E-state index contributed by atoms with van der Waals surface area (Å²) in [5, 5.41) is 8.80. The summed E-state index contributed by atoms with van der Waals surface area (Å²) in [7, 11) is 3.19. The van der Waals surface area contributed by atoms with E-state index in [-0.39, 0.29) is 11.2 Å². The van der Waals surface area contributed by atoms with Crippen molar-refractivity contribution < 1.29 is 14.3 Å². The predicted molar refractivity (Wildman–Crippen MR) is 127 cm³/mol. The van der Waals surface area contributed by atoms with Crippen LogP contribution in [0.25, 0.3) is 11.4 Å². The summed E-state index contributed by atoms with van der Waals surface area (Å²) < 4.78 is 12.6. The summed E-state index contributed by atoms with van der Waals surface area (Å²) >= 11 is 6.61. The number of nitrogens with one attached hydrogen (secondary N) is 1. The van der Waals surface area contributed by atoms with Crippen LogP contribution in [0.3, 0.4) is 0 Å². The van der Waals surface area contributed by atoms with Crippen molar-refractivity contribution in [3.8, 4) is 22.9 Å². The molecule has 2 aromatic carbocycles. The number of rotatable bonds is 4. The van der Waals surface area contributed by atoms with Gasteiger partial charge in [0, 0.05) is 33.8 Å². The third-order valence-corrected chi connectivity index (χ3v) is 6.52. The zero-order valence-corrected chi connectivity index (χ0v) is 19.7. The van der Waals surface area contributed by atoms with E-state index in [0.717, 1.165) is 23.2 Å². The molecule has 1 unspecified atom stereocenters. The summed E-state index contributed by atoms with van der Waals surface area (Å²) in [6, 6.07) is 12.7. The lowest BCUT2D eigenvalue weighted by Crippen LogP contribution is -2.36. The van der Waals surface area contributed by atoms with E-state index in [1.807, 2.05) is 42.5 Å². The molecule has 1 N–H and O–H groups in total. The number of anilines is 1. The number of allylic oxidation sites excluding steroid dienone is 2. The van der Waals surface area contributed by atoms with E-state index < -0.39 is 6.04 Å². The first-order valence-electron chi connectivity index (χ1n) is 10.8. The van der Waals surface area contributed by atoms with E-state index >= 15 is 0 Å². The number of aromatic nitrogens is 3. The molecule has 0 saturated carbocycles. The van der Waals surface area contributed by atoms with Gasteiger partial charge >= 0.3 is 0 Å². The average Bonchev–Trinajstić information content (AvgIpc) is 3.20. The molecule has 5 rings (SSSR count). The second-order valence-corrected chi connectivity index (χ2v) is 9.56. The second kappa shape index (κ2) is 7.92. The van der Waals surface area contributed by atoms with E-state index in [1.54, 1.807) is 18.9 Å². The normalized spacial score (nSPS) is 18.9. The molecule has 1 aliphatic carbocycles. The number of carbonyl (C=O) groups is 1. The van der Waals surface area contributed by atoms with Crippen molar-refractivity contribution in [3.05, 3.63) is 64.3 Å². The Hall–Kier alpha value is -3.32. The number of hydrogen-bond acceptors (Lipinski definition) is 6. The Bertz CT molecular complexity index is 1290. The fraction of sp³-hybridized carbons (Fsp3) is 0.320. The van der Waals surface area contributed by atoms with Gasteiger partial charge in [-0.25, -0.2) is 4.68 Å². The Labute approximate surface area is 197 Å². The van der Waals surface area contributed by atoms with Gasteiger partial charge < -0.3 is 14.8 Å². The van der Waals surface area contributed by atoms with E-state index in [1.165, 1.54) is 0 Å². The van der Waals surface area contributed by atoms with Crippen molar-refractivity contribution in [2.75, 3.05) is 19.5 Å². The number of ether oxygens (including phenoxy) is 2. The number of hydrogen-bond donors (Lipinski definition) is 1. The number of methoxy groups -OCH3 is 2. The average molecular weight is 465 g/mol. The molecule has 1 aliphatic heterocycles. The lowest BCUT2D eigenvalue weighted by atomic mass is 9.73. The standard InChI is InChI=1S/C25H25ClN4O3/c1-25(2)12-17-21(18(31)13-25)22(15-7-5-6-8-16(15)26)30-24(27-17)28-23(29-30)14-9-10-19(32-3)20(11-14)33-4/h5-11,22H,12-13H2,1-4H3,(H,27,28,29). The number of nitrogens with zero attached hydrogens (tertiary/aromatic N) is 3. The first kappa shape index (κ1) is 21.5. The second-order valence-electron chi connectivity index (χ2n) is 9.16. The monoisotopic (exact) mass is 464 g/mol. The Morgan fingerprint density at radius 2 is 1.85 bits per heavy atom. The van der Waals surface area contributed by atoms with Gasteiger partial charge in [-0.2, -0.15) is 4.98 Å². The van der Waals surface area contributed by atoms with Crippen LogP contribution >= 0.6 is 11.6 Å². The van der Waals surface area contributed by atoms with Gasteiger partial charge in [-0.15, -0.1) is 5.10 Å². The van der Waals surface area contributed by atoms with Crippen LogP contribution in [-0.2, 0) is 4.79 Å².